The first kappa shape index (κ1) is 16.5. The van der Waals surface area contributed by atoms with Crippen LogP contribution < -0.4 is 10.2 Å². The van der Waals surface area contributed by atoms with Gasteiger partial charge in [0.2, 0.25) is 0 Å². The number of nitrogens with zero attached hydrogens (tertiary/aromatic N) is 3. The van der Waals surface area contributed by atoms with Gasteiger partial charge in [0, 0.05) is 57.4 Å². The zero-order valence-electron chi connectivity index (χ0n) is 13.5. The van der Waals surface area contributed by atoms with E-state index >= 15 is 0 Å². The van der Waals surface area contributed by atoms with E-state index < -0.39 is 0 Å². The number of amides is 2. The number of pyridine rings is 1. The highest BCUT2D eigenvalue weighted by Gasteiger charge is 2.21. The molecule has 6 nitrogen and oxygen atoms in total. The summed E-state index contributed by atoms with van der Waals surface area (Å²) >= 11 is 0. The zero-order chi connectivity index (χ0) is 15.8. The molecule has 1 aromatic heterocycles. The van der Waals surface area contributed by atoms with Crippen molar-refractivity contribution < 1.29 is 9.53 Å². The minimum atomic E-state index is 0.00123. The van der Waals surface area contributed by atoms with Crippen LogP contribution in [0.4, 0.5) is 10.5 Å². The zero-order valence-corrected chi connectivity index (χ0v) is 13.5. The third kappa shape index (κ3) is 4.87. The molecule has 22 heavy (non-hydrogen) atoms. The van der Waals surface area contributed by atoms with E-state index in [2.05, 4.69) is 22.1 Å². The van der Waals surface area contributed by atoms with E-state index in [1.165, 1.54) is 0 Å². The van der Waals surface area contributed by atoms with Gasteiger partial charge >= 0.3 is 6.03 Å². The Labute approximate surface area is 132 Å². The minimum Gasteiger partial charge on any atom is -0.377 e. The second-order valence-corrected chi connectivity index (χ2v) is 5.55. The Balaban J connectivity index is 1.71. The van der Waals surface area contributed by atoms with E-state index in [0.29, 0.717) is 6.54 Å². The Kier molecular flexibility index (Phi) is 6.45. The van der Waals surface area contributed by atoms with Crippen LogP contribution >= 0.6 is 0 Å². The molecule has 1 unspecified atom stereocenters. The maximum Gasteiger partial charge on any atom is 0.317 e. The number of hydrogen-bond acceptors (Lipinski definition) is 4. The van der Waals surface area contributed by atoms with Crippen molar-refractivity contribution in [1.29, 1.82) is 0 Å². The fourth-order valence-corrected chi connectivity index (χ4v) is 2.44. The molecule has 0 aliphatic carbocycles. The topological polar surface area (TPSA) is 57.7 Å². The molecule has 2 amide bonds. The van der Waals surface area contributed by atoms with E-state index in [4.69, 9.17) is 4.74 Å². The van der Waals surface area contributed by atoms with Gasteiger partial charge in [-0.15, -0.1) is 0 Å². The number of rotatable bonds is 6. The van der Waals surface area contributed by atoms with E-state index in [-0.39, 0.29) is 12.1 Å². The molecule has 0 aromatic carbocycles. The number of carbonyl (C=O) groups excluding carboxylic acids is 1. The number of hydrogen-bond donors (Lipinski definition) is 1. The Hall–Kier alpha value is -1.82. The molecule has 1 saturated heterocycles. The summed E-state index contributed by atoms with van der Waals surface area (Å²) in [6.07, 6.45) is 4.65. The number of ether oxygens (including phenoxy) is 1. The lowest BCUT2D eigenvalue weighted by molar-refractivity contribution is 0.0665. The maximum atomic E-state index is 12.2. The van der Waals surface area contributed by atoms with Crippen molar-refractivity contribution in [3.63, 3.8) is 0 Å². The molecule has 1 aromatic rings. The molecule has 0 bridgehead atoms. The summed E-state index contributed by atoms with van der Waals surface area (Å²) in [4.78, 5) is 20.3. The Morgan fingerprint density at radius 1 is 1.32 bits per heavy atom. The lowest BCUT2D eigenvalue weighted by Gasteiger charge is -2.36. The normalized spacial score (nSPS) is 16.5. The van der Waals surface area contributed by atoms with Crippen molar-refractivity contribution in [1.82, 2.24) is 15.2 Å². The van der Waals surface area contributed by atoms with Crippen LogP contribution in [0.3, 0.4) is 0 Å². The molecule has 1 N–H and O–H groups in total. The van der Waals surface area contributed by atoms with E-state index in [1.54, 1.807) is 12.4 Å². The van der Waals surface area contributed by atoms with Gasteiger partial charge in [-0.2, -0.15) is 0 Å². The smallest absolute Gasteiger partial charge is 0.317 e. The summed E-state index contributed by atoms with van der Waals surface area (Å²) in [7, 11) is 0. The molecule has 1 fully saturated rings. The molecule has 0 spiro atoms. The van der Waals surface area contributed by atoms with Crippen molar-refractivity contribution in [2.75, 3.05) is 44.2 Å². The van der Waals surface area contributed by atoms with Gasteiger partial charge in [0.25, 0.3) is 0 Å². The van der Waals surface area contributed by atoms with Gasteiger partial charge in [-0.1, -0.05) is 6.92 Å². The van der Waals surface area contributed by atoms with Crippen molar-refractivity contribution in [3.8, 4) is 0 Å². The summed E-state index contributed by atoms with van der Waals surface area (Å²) in [5, 5.41) is 2.95. The maximum absolute atomic E-state index is 12.2. The highest BCUT2D eigenvalue weighted by molar-refractivity contribution is 5.74. The first-order chi connectivity index (χ1) is 10.7. The molecule has 1 atom stereocenters. The second kappa shape index (κ2) is 8.58. The van der Waals surface area contributed by atoms with Gasteiger partial charge in [-0.25, -0.2) is 4.79 Å². The van der Waals surface area contributed by atoms with Crippen molar-refractivity contribution in [2.45, 2.75) is 26.4 Å². The summed E-state index contributed by atoms with van der Waals surface area (Å²) < 4.78 is 5.56. The molecule has 0 radical (unpaired) electrons. The van der Waals surface area contributed by atoms with Crippen LogP contribution in [0.5, 0.6) is 0 Å². The predicted molar refractivity (Wildman–Crippen MR) is 87.1 cm³/mol. The standard InChI is InChI=1S/C16H26N4O2/c1-3-12-22-14(2)13-18-16(21)20-10-8-19(9-11-20)15-4-6-17-7-5-15/h4-7,14H,3,8-13H2,1-2H3,(H,18,21). The van der Waals surface area contributed by atoms with Crippen LogP contribution in [-0.2, 0) is 4.74 Å². The molecular weight excluding hydrogens is 280 g/mol. The lowest BCUT2D eigenvalue weighted by Crippen LogP contribution is -2.52. The van der Waals surface area contributed by atoms with Crippen LogP contribution in [-0.4, -0.2) is 61.3 Å². The van der Waals surface area contributed by atoms with Crippen LogP contribution in [0.2, 0.25) is 0 Å². The summed E-state index contributed by atoms with van der Waals surface area (Å²) in [6, 6.07) is 4.01. The first-order valence-corrected chi connectivity index (χ1v) is 8.00. The number of piperazine rings is 1. The average molecular weight is 306 g/mol. The van der Waals surface area contributed by atoms with Gasteiger partial charge in [-0.3, -0.25) is 4.98 Å². The predicted octanol–water partition coefficient (Wildman–Crippen LogP) is 1.73. The minimum absolute atomic E-state index is 0.00123. The van der Waals surface area contributed by atoms with Gasteiger partial charge in [0.05, 0.1) is 6.10 Å². The summed E-state index contributed by atoms with van der Waals surface area (Å²) in [5.74, 6) is 0. The summed E-state index contributed by atoms with van der Waals surface area (Å²) in [6.45, 7) is 8.52. The number of urea groups is 1. The lowest BCUT2D eigenvalue weighted by atomic mass is 10.3. The molecule has 6 heteroatoms. The number of nitrogens with one attached hydrogen (secondary N) is 1. The second-order valence-electron chi connectivity index (χ2n) is 5.55. The molecular formula is C16H26N4O2. The number of anilines is 1. The van der Waals surface area contributed by atoms with Gasteiger partial charge < -0.3 is 19.9 Å². The monoisotopic (exact) mass is 306 g/mol. The van der Waals surface area contributed by atoms with Crippen molar-refractivity contribution in [2.24, 2.45) is 0 Å². The molecule has 1 aliphatic rings. The molecule has 122 valence electrons. The fraction of sp³-hybridized carbons (Fsp3) is 0.625. The SMILES string of the molecule is CCCOC(C)CNC(=O)N1CCN(c2ccncc2)CC1. The van der Waals surface area contributed by atoms with E-state index in [9.17, 15) is 4.79 Å². The van der Waals surface area contributed by atoms with E-state index in [0.717, 1.165) is 44.9 Å². The quantitative estimate of drug-likeness (QED) is 0.869. The van der Waals surface area contributed by atoms with Gasteiger partial charge in [0.15, 0.2) is 0 Å². The Morgan fingerprint density at radius 3 is 2.64 bits per heavy atom. The third-order valence-corrected chi connectivity index (χ3v) is 3.74. The highest BCUT2D eigenvalue weighted by atomic mass is 16.5. The van der Waals surface area contributed by atoms with Crippen LogP contribution in [0, 0.1) is 0 Å². The first-order valence-electron chi connectivity index (χ1n) is 8.00. The fourth-order valence-electron chi connectivity index (χ4n) is 2.44. The van der Waals surface area contributed by atoms with E-state index in [1.807, 2.05) is 24.0 Å². The van der Waals surface area contributed by atoms with Crippen LogP contribution in [0.25, 0.3) is 0 Å². The van der Waals surface area contributed by atoms with Gasteiger partial charge in [-0.05, 0) is 25.5 Å². The summed E-state index contributed by atoms with van der Waals surface area (Å²) in [5.41, 5.74) is 1.16. The van der Waals surface area contributed by atoms with Crippen molar-refractivity contribution >= 4 is 11.7 Å². The van der Waals surface area contributed by atoms with Crippen LogP contribution in [0.15, 0.2) is 24.5 Å². The number of carbonyl (C=O) groups is 1. The van der Waals surface area contributed by atoms with Crippen molar-refractivity contribution in [3.05, 3.63) is 24.5 Å². The third-order valence-electron chi connectivity index (χ3n) is 3.74. The molecule has 1 aliphatic heterocycles. The molecule has 2 heterocycles. The molecule has 2 rings (SSSR count). The average Bonchev–Trinajstić information content (AvgIpc) is 2.58. The van der Waals surface area contributed by atoms with Crippen LogP contribution in [0.1, 0.15) is 20.3 Å². The largest absolute Gasteiger partial charge is 0.377 e. The Morgan fingerprint density at radius 2 is 2.00 bits per heavy atom. The van der Waals surface area contributed by atoms with Gasteiger partial charge in [0.1, 0.15) is 0 Å². The number of aromatic nitrogens is 1. The Bertz CT molecular complexity index is 447. The molecule has 0 saturated carbocycles. The highest BCUT2D eigenvalue weighted by Crippen LogP contribution is 2.14.